The second-order valence-corrected chi connectivity index (χ2v) is 7.07. The number of para-hydroxylation sites is 1. The van der Waals surface area contributed by atoms with E-state index in [0.29, 0.717) is 23.5 Å². The number of carboxylic acids is 2. The number of fused-ring (bicyclic) bond motifs is 1. The molecular weight excluding hydrogens is 398 g/mol. The first-order valence-corrected chi connectivity index (χ1v) is 9.88. The summed E-state index contributed by atoms with van der Waals surface area (Å²) in [5.74, 6) is -2.98. The maximum absolute atomic E-state index is 13.4. The van der Waals surface area contributed by atoms with Gasteiger partial charge in [-0.05, 0) is 18.6 Å². The Labute approximate surface area is 179 Å². The molecule has 0 saturated carbocycles. The Kier molecular flexibility index (Phi) is 6.49. The van der Waals surface area contributed by atoms with Gasteiger partial charge in [-0.1, -0.05) is 49.7 Å². The number of aliphatic imine (C=N–C) groups is 1. The number of aromatic carboxylic acids is 1. The van der Waals surface area contributed by atoms with Crippen LogP contribution >= 0.6 is 0 Å². The van der Waals surface area contributed by atoms with Gasteiger partial charge in [0, 0.05) is 17.7 Å². The first-order chi connectivity index (χ1) is 14.8. The molecule has 0 spiro atoms. The van der Waals surface area contributed by atoms with Crippen LogP contribution in [-0.4, -0.2) is 40.2 Å². The highest BCUT2D eigenvalue weighted by Gasteiger charge is 2.30. The molecule has 1 heterocycles. The van der Waals surface area contributed by atoms with Gasteiger partial charge in [-0.15, -0.1) is 0 Å². The summed E-state index contributed by atoms with van der Waals surface area (Å²) in [4.78, 5) is 42.7. The van der Waals surface area contributed by atoms with Crippen LogP contribution in [0.25, 0.3) is 0 Å². The zero-order valence-electron chi connectivity index (χ0n) is 17.0. The first kappa shape index (κ1) is 21.8. The third-order valence-electron chi connectivity index (χ3n) is 4.97. The standard InChI is InChI=1S/C23H23N3O5/c1-2-3-12-26-17-11-7-6-10-16(17)20(25-22(24)18(26)13-19(27)28)21(29)14-8-4-5-9-15(14)23(30)31/h4-11H,2-3,12-13,24H2,1H3,(H,27,28)(H,30,31). The number of anilines is 1. The molecule has 3 rings (SSSR count). The third-order valence-corrected chi connectivity index (χ3v) is 4.97. The van der Waals surface area contributed by atoms with Crippen LogP contribution in [0.1, 0.15) is 52.5 Å². The number of ketones is 1. The van der Waals surface area contributed by atoms with Crippen molar-refractivity contribution in [3.63, 3.8) is 0 Å². The maximum Gasteiger partial charge on any atom is 0.336 e. The Bertz CT molecular complexity index is 1100. The molecule has 4 N–H and O–H groups in total. The SMILES string of the molecule is CCCCN1C(CC(=O)O)=C(N)N=C(C(=O)c2ccccc2C(=O)O)c2ccccc21. The van der Waals surface area contributed by atoms with Crippen molar-refractivity contribution in [1.82, 2.24) is 0 Å². The highest BCUT2D eigenvalue weighted by molar-refractivity contribution is 6.53. The molecule has 2 aromatic carbocycles. The Morgan fingerprint density at radius 2 is 1.65 bits per heavy atom. The molecule has 0 saturated heterocycles. The van der Waals surface area contributed by atoms with Crippen LogP contribution in [0.3, 0.4) is 0 Å². The van der Waals surface area contributed by atoms with E-state index >= 15 is 0 Å². The summed E-state index contributed by atoms with van der Waals surface area (Å²) < 4.78 is 0. The van der Waals surface area contributed by atoms with Crippen molar-refractivity contribution >= 4 is 29.1 Å². The minimum Gasteiger partial charge on any atom is -0.481 e. The number of carboxylic acid groups (broad SMARTS) is 2. The number of carbonyl (C=O) groups excluding carboxylic acids is 1. The largest absolute Gasteiger partial charge is 0.481 e. The minimum absolute atomic E-state index is 0.0156. The van der Waals surface area contributed by atoms with E-state index < -0.39 is 17.7 Å². The first-order valence-electron chi connectivity index (χ1n) is 9.88. The van der Waals surface area contributed by atoms with E-state index in [1.54, 1.807) is 35.2 Å². The molecule has 0 aromatic heterocycles. The van der Waals surface area contributed by atoms with Crippen molar-refractivity contribution in [2.24, 2.45) is 10.7 Å². The van der Waals surface area contributed by atoms with Gasteiger partial charge in [-0.3, -0.25) is 9.59 Å². The lowest BCUT2D eigenvalue weighted by Gasteiger charge is -2.27. The summed E-state index contributed by atoms with van der Waals surface area (Å²) in [6.45, 7) is 2.52. The molecule has 160 valence electrons. The van der Waals surface area contributed by atoms with Crippen molar-refractivity contribution in [1.29, 1.82) is 0 Å². The fourth-order valence-electron chi connectivity index (χ4n) is 3.51. The van der Waals surface area contributed by atoms with Gasteiger partial charge in [-0.2, -0.15) is 0 Å². The third kappa shape index (κ3) is 4.48. The number of rotatable bonds is 8. The topological polar surface area (TPSA) is 133 Å². The molecule has 0 bridgehead atoms. The van der Waals surface area contributed by atoms with Crippen LogP contribution in [-0.2, 0) is 4.79 Å². The molecule has 2 aromatic rings. The Morgan fingerprint density at radius 3 is 2.29 bits per heavy atom. The van der Waals surface area contributed by atoms with Crippen LogP contribution in [0.4, 0.5) is 5.69 Å². The summed E-state index contributed by atoms with van der Waals surface area (Å²) >= 11 is 0. The zero-order chi connectivity index (χ0) is 22.5. The van der Waals surface area contributed by atoms with Crippen LogP contribution in [0.15, 0.2) is 65.0 Å². The van der Waals surface area contributed by atoms with E-state index in [1.807, 2.05) is 6.92 Å². The molecule has 0 radical (unpaired) electrons. The number of carbonyl (C=O) groups is 3. The molecule has 0 fully saturated rings. The minimum atomic E-state index is -1.23. The molecule has 1 aliphatic heterocycles. The number of aliphatic carboxylic acids is 1. The lowest BCUT2D eigenvalue weighted by atomic mass is 9.95. The van der Waals surface area contributed by atoms with Gasteiger partial charge < -0.3 is 20.8 Å². The van der Waals surface area contributed by atoms with Gasteiger partial charge in [-0.25, -0.2) is 9.79 Å². The second-order valence-electron chi connectivity index (χ2n) is 7.07. The number of hydrogen-bond acceptors (Lipinski definition) is 6. The number of hydrogen-bond donors (Lipinski definition) is 3. The average Bonchev–Trinajstić information content (AvgIpc) is 2.86. The van der Waals surface area contributed by atoms with Gasteiger partial charge in [0.05, 0.1) is 23.4 Å². The van der Waals surface area contributed by atoms with Gasteiger partial charge in [0.25, 0.3) is 0 Å². The van der Waals surface area contributed by atoms with Gasteiger partial charge >= 0.3 is 11.9 Å². The second kappa shape index (κ2) is 9.25. The monoisotopic (exact) mass is 421 g/mol. The van der Waals surface area contributed by atoms with E-state index in [1.165, 1.54) is 18.2 Å². The lowest BCUT2D eigenvalue weighted by Crippen LogP contribution is -2.28. The highest BCUT2D eigenvalue weighted by atomic mass is 16.4. The molecular formula is C23H23N3O5. The fourth-order valence-corrected chi connectivity index (χ4v) is 3.51. The van der Waals surface area contributed by atoms with Crippen molar-refractivity contribution in [3.8, 4) is 0 Å². The molecule has 0 unspecified atom stereocenters. The molecule has 0 atom stereocenters. The van der Waals surface area contributed by atoms with Crippen molar-refractivity contribution in [3.05, 3.63) is 76.7 Å². The Hall–Kier alpha value is -3.94. The van der Waals surface area contributed by atoms with E-state index in [9.17, 15) is 24.6 Å². The molecule has 8 nitrogen and oxygen atoms in total. The number of benzene rings is 2. The van der Waals surface area contributed by atoms with Gasteiger partial charge in [0.2, 0.25) is 5.78 Å². The van der Waals surface area contributed by atoms with Crippen LogP contribution in [0.2, 0.25) is 0 Å². The smallest absolute Gasteiger partial charge is 0.336 e. The van der Waals surface area contributed by atoms with E-state index in [4.69, 9.17) is 5.73 Å². The quantitative estimate of drug-likeness (QED) is 0.557. The summed E-state index contributed by atoms with van der Waals surface area (Å²) in [5.41, 5.74) is 7.37. The van der Waals surface area contributed by atoms with Crippen molar-refractivity contribution < 1.29 is 24.6 Å². The van der Waals surface area contributed by atoms with Gasteiger partial charge in [0.15, 0.2) is 0 Å². The average molecular weight is 421 g/mol. The normalized spacial score (nSPS) is 13.3. The van der Waals surface area contributed by atoms with Crippen molar-refractivity contribution in [2.75, 3.05) is 11.4 Å². The summed E-state index contributed by atoms with van der Waals surface area (Å²) in [7, 11) is 0. The van der Waals surface area contributed by atoms with E-state index in [-0.39, 0.29) is 29.1 Å². The maximum atomic E-state index is 13.4. The van der Waals surface area contributed by atoms with Crippen molar-refractivity contribution in [2.45, 2.75) is 26.2 Å². The predicted molar refractivity (Wildman–Crippen MR) is 116 cm³/mol. The molecule has 1 aliphatic rings. The lowest BCUT2D eigenvalue weighted by molar-refractivity contribution is -0.136. The Balaban J connectivity index is 2.23. The van der Waals surface area contributed by atoms with Crippen LogP contribution in [0.5, 0.6) is 0 Å². The molecule has 0 amide bonds. The van der Waals surface area contributed by atoms with Crippen LogP contribution in [0, 0.1) is 0 Å². The summed E-state index contributed by atoms with van der Waals surface area (Å²) in [5, 5.41) is 18.9. The number of nitrogens with two attached hydrogens (primary N) is 1. The molecule has 31 heavy (non-hydrogen) atoms. The number of Topliss-reactive ketones (excluding diaryl/α,β-unsaturated/α-hetero) is 1. The fraction of sp³-hybridized carbons (Fsp3) is 0.217. The van der Waals surface area contributed by atoms with E-state index in [0.717, 1.165) is 12.8 Å². The zero-order valence-corrected chi connectivity index (χ0v) is 17.0. The molecule has 0 aliphatic carbocycles. The predicted octanol–water partition coefficient (Wildman–Crippen LogP) is 3.28. The number of unbranched alkanes of at least 4 members (excludes halogenated alkanes) is 1. The highest BCUT2D eigenvalue weighted by Crippen LogP contribution is 2.32. The summed E-state index contributed by atoms with van der Waals surface area (Å²) in [6.07, 6.45) is 1.29. The number of nitrogens with zero attached hydrogens (tertiary/aromatic N) is 2. The molecule has 8 heteroatoms. The van der Waals surface area contributed by atoms with E-state index in [2.05, 4.69) is 4.99 Å². The summed E-state index contributed by atoms with van der Waals surface area (Å²) in [6, 6.07) is 12.9. The van der Waals surface area contributed by atoms with Gasteiger partial charge in [0.1, 0.15) is 11.5 Å². The van der Waals surface area contributed by atoms with Crippen LogP contribution < -0.4 is 10.6 Å². The Morgan fingerprint density at radius 1 is 1.00 bits per heavy atom.